The quantitative estimate of drug-likeness (QED) is 0.616. The molecule has 0 amide bonds. The highest BCUT2D eigenvalue weighted by Gasteiger charge is 2.31. The van der Waals surface area contributed by atoms with Gasteiger partial charge in [0.25, 0.3) is 0 Å². The number of nitrogens with zero attached hydrogens (tertiary/aromatic N) is 2. The topological polar surface area (TPSA) is 23.6 Å². The van der Waals surface area contributed by atoms with Crippen molar-refractivity contribution in [2.45, 2.75) is 39.5 Å². The lowest BCUT2D eigenvalue weighted by Gasteiger charge is -2.31. The number of allylic oxidation sites excluding steroid dienone is 4. The first-order chi connectivity index (χ1) is 10.7. The molecule has 0 aromatic rings. The van der Waals surface area contributed by atoms with Crippen LogP contribution in [-0.4, -0.2) is 53.6 Å². The van der Waals surface area contributed by atoms with Crippen LogP contribution >= 0.6 is 24.8 Å². The van der Waals surface area contributed by atoms with Crippen LogP contribution in [0.3, 0.4) is 0 Å². The smallest absolute Gasteiger partial charge is 0.156 e. The van der Waals surface area contributed by atoms with E-state index in [2.05, 4.69) is 61.8 Å². The molecule has 3 nitrogen and oxygen atoms in total. The summed E-state index contributed by atoms with van der Waals surface area (Å²) in [5.74, 6) is 0.374. The van der Waals surface area contributed by atoms with Gasteiger partial charge in [-0.05, 0) is 46.2 Å². The molecule has 0 aromatic heterocycles. The standard InChI is InChI=1S/C15H23NO.C3H7NS2/c1-13-6-8-15(2,9-7-13)14(17)12-16-10-4-3-5-11-16;1-4(2)3(5)6/h6-8H,3-5,9-12H2,1-2H3;1-2H3,(H,5,6). The van der Waals surface area contributed by atoms with E-state index in [0.29, 0.717) is 16.6 Å². The molecule has 1 saturated heterocycles. The van der Waals surface area contributed by atoms with Crippen LogP contribution in [0.5, 0.6) is 0 Å². The zero-order chi connectivity index (χ0) is 17.5. The van der Waals surface area contributed by atoms with Crippen molar-refractivity contribution in [3.8, 4) is 0 Å². The molecule has 0 aromatic carbocycles. The molecule has 0 N–H and O–H groups in total. The minimum atomic E-state index is -0.267. The van der Waals surface area contributed by atoms with Gasteiger partial charge in [0, 0.05) is 19.5 Å². The summed E-state index contributed by atoms with van der Waals surface area (Å²) in [6.07, 6.45) is 11.0. The maximum atomic E-state index is 12.4. The van der Waals surface area contributed by atoms with Crippen LogP contribution in [0.25, 0.3) is 0 Å². The van der Waals surface area contributed by atoms with Gasteiger partial charge in [-0.3, -0.25) is 9.69 Å². The number of thiocarbonyl (C=S) groups is 1. The van der Waals surface area contributed by atoms with Crippen LogP contribution in [0.2, 0.25) is 0 Å². The number of hydrogen-bond acceptors (Lipinski definition) is 3. The Morgan fingerprint density at radius 2 is 1.91 bits per heavy atom. The van der Waals surface area contributed by atoms with Crippen molar-refractivity contribution in [2.24, 2.45) is 5.41 Å². The Kier molecular flexibility index (Phi) is 8.51. The molecule has 2 aliphatic rings. The Balaban J connectivity index is 0.000000379. The fourth-order valence-electron chi connectivity index (χ4n) is 2.53. The molecule has 1 heterocycles. The normalized spacial score (nSPS) is 24.3. The molecule has 0 spiro atoms. The fourth-order valence-corrected chi connectivity index (χ4v) is 2.53. The molecule has 0 radical (unpaired) electrons. The highest BCUT2D eigenvalue weighted by atomic mass is 32.1. The predicted octanol–water partition coefficient (Wildman–Crippen LogP) is 3.72. The van der Waals surface area contributed by atoms with Crippen LogP contribution in [-0.2, 0) is 4.79 Å². The van der Waals surface area contributed by atoms with Gasteiger partial charge in [0.1, 0.15) is 4.32 Å². The summed E-state index contributed by atoms with van der Waals surface area (Å²) in [4.78, 5) is 16.5. The van der Waals surface area contributed by atoms with Gasteiger partial charge in [-0.2, -0.15) is 0 Å². The van der Waals surface area contributed by atoms with E-state index in [4.69, 9.17) is 0 Å². The molecule has 1 atom stereocenters. The third-order valence-corrected chi connectivity index (χ3v) is 5.16. The van der Waals surface area contributed by atoms with Crippen LogP contribution in [0.15, 0.2) is 23.8 Å². The van der Waals surface area contributed by atoms with Crippen molar-refractivity contribution in [3.05, 3.63) is 23.8 Å². The van der Waals surface area contributed by atoms with Crippen molar-refractivity contribution in [2.75, 3.05) is 33.7 Å². The summed E-state index contributed by atoms with van der Waals surface area (Å²) < 4.78 is 0.620. The maximum absolute atomic E-state index is 12.4. The van der Waals surface area contributed by atoms with Crippen molar-refractivity contribution in [1.29, 1.82) is 0 Å². The summed E-state index contributed by atoms with van der Waals surface area (Å²) >= 11 is 8.46. The van der Waals surface area contributed by atoms with Gasteiger partial charge < -0.3 is 4.90 Å². The number of thiol groups is 1. The van der Waals surface area contributed by atoms with E-state index in [1.54, 1.807) is 4.90 Å². The lowest BCUT2D eigenvalue weighted by Crippen LogP contribution is -2.40. The molecule has 1 aliphatic carbocycles. The molecule has 23 heavy (non-hydrogen) atoms. The summed E-state index contributed by atoms with van der Waals surface area (Å²) in [5.41, 5.74) is 1.00. The minimum absolute atomic E-state index is 0.267. The first kappa shape index (κ1) is 20.4. The van der Waals surface area contributed by atoms with Gasteiger partial charge in [-0.1, -0.05) is 42.4 Å². The monoisotopic (exact) mass is 354 g/mol. The molecular formula is C18H30N2OS2. The lowest BCUT2D eigenvalue weighted by molar-refractivity contribution is -0.127. The molecule has 1 fully saturated rings. The highest BCUT2D eigenvalue weighted by molar-refractivity contribution is 8.10. The van der Waals surface area contributed by atoms with E-state index >= 15 is 0 Å². The van der Waals surface area contributed by atoms with Gasteiger partial charge in [-0.25, -0.2) is 0 Å². The Hall–Kier alpha value is -0.650. The maximum Gasteiger partial charge on any atom is 0.156 e. The number of carbonyl (C=O) groups excluding carboxylic acids is 1. The molecule has 2 rings (SSSR count). The van der Waals surface area contributed by atoms with E-state index in [1.165, 1.54) is 24.8 Å². The number of hydrogen-bond donors (Lipinski definition) is 1. The number of carbonyl (C=O) groups is 1. The average molecular weight is 355 g/mol. The van der Waals surface area contributed by atoms with Crippen molar-refractivity contribution in [1.82, 2.24) is 9.80 Å². The number of ketones is 1. The Morgan fingerprint density at radius 1 is 1.35 bits per heavy atom. The largest absolute Gasteiger partial charge is 0.364 e. The van der Waals surface area contributed by atoms with Crippen LogP contribution in [0.1, 0.15) is 39.5 Å². The third-order valence-electron chi connectivity index (χ3n) is 4.40. The summed E-state index contributed by atoms with van der Waals surface area (Å²) in [6.45, 7) is 6.98. The van der Waals surface area contributed by atoms with Crippen molar-refractivity contribution >= 4 is 35.0 Å². The van der Waals surface area contributed by atoms with Gasteiger partial charge in [0.15, 0.2) is 5.78 Å². The molecule has 130 valence electrons. The molecule has 0 bridgehead atoms. The molecule has 0 saturated carbocycles. The van der Waals surface area contributed by atoms with E-state index in [1.807, 2.05) is 14.1 Å². The zero-order valence-corrected chi connectivity index (χ0v) is 16.6. The first-order valence-electron chi connectivity index (χ1n) is 8.26. The van der Waals surface area contributed by atoms with Gasteiger partial charge >= 0.3 is 0 Å². The van der Waals surface area contributed by atoms with Crippen molar-refractivity contribution in [3.63, 3.8) is 0 Å². The van der Waals surface area contributed by atoms with E-state index in [-0.39, 0.29) is 5.41 Å². The van der Waals surface area contributed by atoms with Gasteiger partial charge in [-0.15, -0.1) is 12.6 Å². The van der Waals surface area contributed by atoms with Crippen molar-refractivity contribution < 1.29 is 4.79 Å². The van der Waals surface area contributed by atoms with E-state index in [0.717, 1.165) is 19.5 Å². The minimum Gasteiger partial charge on any atom is -0.364 e. The van der Waals surface area contributed by atoms with Gasteiger partial charge in [0.05, 0.1) is 6.54 Å². The Bertz CT molecular complexity index is 479. The number of Topliss-reactive ketones (excluding diaryl/α,β-unsaturated/α-hetero) is 1. The molecule has 1 aliphatic heterocycles. The predicted molar refractivity (Wildman–Crippen MR) is 106 cm³/mol. The van der Waals surface area contributed by atoms with E-state index < -0.39 is 0 Å². The third kappa shape index (κ3) is 7.19. The second-order valence-electron chi connectivity index (χ2n) is 6.84. The first-order valence-corrected chi connectivity index (χ1v) is 9.12. The van der Waals surface area contributed by atoms with Crippen LogP contribution in [0.4, 0.5) is 0 Å². The molecule has 5 heteroatoms. The average Bonchev–Trinajstić information content (AvgIpc) is 2.52. The summed E-state index contributed by atoms with van der Waals surface area (Å²) in [6, 6.07) is 0. The summed E-state index contributed by atoms with van der Waals surface area (Å²) in [5, 5.41) is 0. The van der Waals surface area contributed by atoms with Crippen LogP contribution < -0.4 is 0 Å². The van der Waals surface area contributed by atoms with Gasteiger partial charge in [0.2, 0.25) is 0 Å². The SMILES string of the molecule is CC1=CCC(C)(C(=O)CN2CCCCC2)C=C1.CN(C)C(=S)S. The molecule has 1 unspecified atom stereocenters. The van der Waals surface area contributed by atoms with Crippen LogP contribution in [0, 0.1) is 5.41 Å². The summed E-state index contributed by atoms with van der Waals surface area (Å²) in [7, 11) is 3.71. The molecular weight excluding hydrogens is 324 g/mol. The number of piperidine rings is 1. The zero-order valence-electron chi connectivity index (χ0n) is 14.8. The number of rotatable bonds is 3. The number of likely N-dealkylation sites (tertiary alicyclic amines) is 1. The van der Waals surface area contributed by atoms with E-state index in [9.17, 15) is 4.79 Å². The second-order valence-corrected chi connectivity index (χ2v) is 7.95. The lowest BCUT2D eigenvalue weighted by atomic mass is 9.78. The Labute approximate surface area is 152 Å². The fraction of sp³-hybridized carbons (Fsp3) is 0.667. The second kappa shape index (κ2) is 9.60. The Morgan fingerprint density at radius 3 is 2.35 bits per heavy atom. The highest BCUT2D eigenvalue weighted by Crippen LogP contribution is 2.30.